The number of imide groups is 1. The molecule has 1 aromatic heterocycles. The Hall–Kier alpha value is -3.17. The number of nitrogens with zero attached hydrogens (tertiary/aromatic N) is 2. The summed E-state index contributed by atoms with van der Waals surface area (Å²) in [6.07, 6.45) is 0. The summed E-state index contributed by atoms with van der Waals surface area (Å²) in [5.41, 5.74) is 1.48. The molecule has 1 fully saturated rings. The largest absolute Gasteiger partial charge is 0.325 e. The molecule has 0 bridgehead atoms. The lowest BCUT2D eigenvalue weighted by atomic mass is 9.76. The molecule has 7 nitrogen and oxygen atoms in total. The minimum absolute atomic E-state index is 0.163. The van der Waals surface area contributed by atoms with Crippen LogP contribution in [0, 0.1) is 12.8 Å². The molecule has 1 saturated heterocycles. The lowest BCUT2D eigenvalue weighted by Crippen LogP contribution is -2.41. The zero-order valence-electron chi connectivity index (χ0n) is 18.9. The maximum atomic E-state index is 13.4. The van der Waals surface area contributed by atoms with Crippen LogP contribution in [0.4, 0.5) is 11.4 Å². The molecule has 0 saturated carbocycles. The number of carbonyl (C=O) groups excluding carboxylic acids is 3. The lowest BCUT2D eigenvalue weighted by molar-refractivity contribution is -0.123. The number of carbonyl (C=O) groups is 3. The summed E-state index contributed by atoms with van der Waals surface area (Å²) in [6.45, 7) is 5.57. The van der Waals surface area contributed by atoms with Crippen LogP contribution in [0.15, 0.2) is 64.4 Å². The SMILES string of the molecule is Cc1cccc(NC(=O)Cn2c3c(sc2=O)C(C)(C)[C@H]2C(=O)N(c4ccccc4)C(=O)[C@H]2S3)c1. The Morgan fingerprint density at radius 3 is 2.47 bits per heavy atom. The van der Waals surface area contributed by atoms with Crippen molar-refractivity contribution in [3.63, 3.8) is 0 Å². The summed E-state index contributed by atoms with van der Waals surface area (Å²) >= 11 is 2.27. The highest BCUT2D eigenvalue weighted by Crippen LogP contribution is 2.54. The third kappa shape index (κ3) is 3.59. The van der Waals surface area contributed by atoms with Gasteiger partial charge in [-0.15, -0.1) is 0 Å². The van der Waals surface area contributed by atoms with Gasteiger partial charge >= 0.3 is 4.87 Å². The third-order valence-corrected chi connectivity index (χ3v) is 9.14. The number of rotatable bonds is 4. The van der Waals surface area contributed by atoms with Crippen LogP contribution < -0.4 is 15.1 Å². The van der Waals surface area contributed by atoms with E-state index in [9.17, 15) is 19.2 Å². The second-order valence-electron chi connectivity index (χ2n) is 9.09. The van der Waals surface area contributed by atoms with Crippen LogP contribution in [0.5, 0.6) is 0 Å². The van der Waals surface area contributed by atoms with Gasteiger partial charge in [0, 0.05) is 16.0 Å². The summed E-state index contributed by atoms with van der Waals surface area (Å²) < 4.78 is 1.43. The standard InChI is InChI=1S/C25H23N3O4S2/c1-14-8-7-9-15(12-14)26-17(29)13-27-23-20(34-24(27)32)25(2,3)18-19(33-23)22(31)28(21(18)30)16-10-5-4-6-11-16/h4-12,18-19H,13H2,1-3H3,(H,26,29)/t18-,19+/m1/s1. The van der Waals surface area contributed by atoms with Crippen molar-refractivity contribution in [3.05, 3.63) is 74.7 Å². The molecular weight excluding hydrogens is 470 g/mol. The molecule has 1 N–H and O–H groups in total. The van der Waals surface area contributed by atoms with Crippen molar-refractivity contribution in [1.29, 1.82) is 0 Å². The van der Waals surface area contributed by atoms with E-state index in [0.29, 0.717) is 16.4 Å². The third-order valence-electron chi connectivity index (χ3n) is 6.32. The first kappa shape index (κ1) is 22.6. The summed E-state index contributed by atoms with van der Waals surface area (Å²) in [5, 5.41) is 2.77. The van der Waals surface area contributed by atoms with Gasteiger partial charge in [-0.05, 0) is 36.8 Å². The number of amides is 3. The Bertz CT molecular complexity index is 1380. The average molecular weight is 494 g/mol. The number of nitrogens with one attached hydrogen (secondary N) is 1. The Balaban J connectivity index is 1.47. The average Bonchev–Trinajstić information content (AvgIpc) is 3.23. The fourth-order valence-electron chi connectivity index (χ4n) is 4.66. The van der Waals surface area contributed by atoms with Crippen molar-refractivity contribution in [2.24, 2.45) is 5.92 Å². The molecule has 0 radical (unpaired) electrons. The molecule has 5 rings (SSSR count). The van der Waals surface area contributed by atoms with E-state index in [2.05, 4.69) is 5.32 Å². The van der Waals surface area contributed by atoms with Crippen molar-refractivity contribution in [1.82, 2.24) is 4.57 Å². The van der Waals surface area contributed by atoms with Crippen molar-refractivity contribution in [3.8, 4) is 0 Å². The molecule has 2 aromatic carbocycles. The minimum atomic E-state index is -0.733. The van der Waals surface area contributed by atoms with Crippen LogP contribution in [0.25, 0.3) is 0 Å². The maximum absolute atomic E-state index is 13.4. The summed E-state index contributed by atoms with van der Waals surface area (Å²) in [6, 6.07) is 16.3. The predicted octanol–water partition coefficient (Wildman–Crippen LogP) is 3.80. The predicted molar refractivity (Wildman–Crippen MR) is 133 cm³/mol. The highest BCUT2D eigenvalue weighted by atomic mass is 32.2. The van der Waals surface area contributed by atoms with Gasteiger partial charge in [0.1, 0.15) is 11.8 Å². The van der Waals surface area contributed by atoms with E-state index in [-0.39, 0.29) is 29.1 Å². The molecule has 0 unspecified atom stereocenters. The van der Waals surface area contributed by atoms with Gasteiger partial charge in [0.2, 0.25) is 17.7 Å². The van der Waals surface area contributed by atoms with Crippen LogP contribution in [0.3, 0.4) is 0 Å². The van der Waals surface area contributed by atoms with Gasteiger partial charge in [0.15, 0.2) is 0 Å². The highest BCUT2D eigenvalue weighted by Gasteiger charge is 2.59. The van der Waals surface area contributed by atoms with E-state index >= 15 is 0 Å². The second kappa shape index (κ2) is 8.25. The van der Waals surface area contributed by atoms with E-state index in [4.69, 9.17) is 0 Å². The molecule has 9 heteroatoms. The van der Waals surface area contributed by atoms with Gasteiger partial charge in [0.05, 0.1) is 16.6 Å². The summed E-state index contributed by atoms with van der Waals surface area (Å²) in [5.74, 6) is -1.47. The molecule has 2 aliphatic heterocycles. The minimum Gasteiger partial charge on any atom is -0.325 e. The number of anilines is 2. The summed E-state index contributed by atoms with van der Waals surface area (Å²) in [4.78, 5) is 54.2. The van der Waals surface area contributed by atoms with Crippen molar-refractivity contribution in [2.45, 2.75) is 43.0 Å². The fraction of sp³-hybridized carbons (Fsp3) is 0.280. The molecule has 3 aromatic rings. The first-order chi connectivity index (χ1) is 16.2. The number of fused-ring (bicyclic) bond motifs is 2. The molecule has 2 aliphatic rings. The van der Waals surface area contributed by atoms with Crippen molar-refractivity contribution < 1.29 is 14.4 Å². The first-order valence-corrected chi connectivity index (χ1v) is 12.6. The van der Waals surface area contributed by atoms with Crippen LogP contribution in [0.2, 0.25) is 0 Å². The molecule has 2 atom stereocenters. The number of aromatic nitrogens is 1. The van der Waals surface area contributed by atoms with Gasteiger partial charge in [-0.3, -0.25) is 23.7 Å². The number of benzene rings is 2. The van der Waals surface area contributed by atoms with Gasteiger partial charge in [-0.25, -0.2) is 4.90 Å². The smallest absolute Gasteiger partial charge is 0.308 e. The van der Waals surface area contributed by atoms with Crippen LogP contribution in [-0.4, -0.2) is 27.5 Å². The molecular formula is C25H23N3O4S2. The van der Waals surface area contributed by atoms with Gasteiger partial charge in [-0.2, -0.15) is 0 Å². The molecule has 0 aliphatic carbocycles. The van der Waals surface area contributed by atoms with Crippen molar-refractivity contribution in [2.75, 3.05) is 10.2 Å². The van der Waals surface area contributed by atoms with E-state index in [1.165, 1.54) is 21.2 Å². The van der Waals surface area contributed by atoms with Gasteiger partial charge in [-0.1, -0.05) is 67.3 Å². The Morgan fingerprint density at radius 2 is 1.76 bits per heavy atom. The molecule has 3 heterocycles. The first-order valence-electron chi connectivity index (χ1n) is 10.9. The second-order valence-corrected chi connectivity index (χ2v) is 11.2. The lowest BCUT2D eigenvalue weighted by Gasteiger charge is -2.36. The van der Waals surface area contributed by atoms with Crippen LogP contribution >= 0.6 is 23.1 Å². The van der Waals surface area contributed by atoms with Crippen LogP contribution in [-0.2, 0) is 26.3 Å². The maximum Gasteiger partial charge on any atom is 0.308 e. The Kier molecular flexibility index (Phi) is 5.49. The van der Waals surface area contributed by atoms with E-state index in [0.717, 1.165) is 21.8 Å². The molecule has 34 heavy (non-hydrogen) atoms. The number of thioether (sulfide) groups is 1. The zero-order chi connectivity index (χ0) is 24.2. The van der Waals surface area contributed by atoms with E-state index in [1.807, 2.05) is 45.0 Å². The fourth-order valence-corrected chi connectivity index (χ4v) is 7.70. The number of hydrogen-bond donors (Lipinski definition) is 1. The quantitative estimate of drug-likeness (QED) is 0.559. The van der Waals surface area contributed by atoms with Crippen LogP contribution in [0.1, 0.15) is 24.3 Å². The molecule has 174 valence electrons. The Morgan fingerprint density at radius 1 is 1.03 bits per heavy atom. The number of hydrogen-bond acceptors (Lipinski definition) is 6. The number of aryl methyl sites for hydroxylation is 1. The normalized spacial score (nSPS) is 20.7. The van der Waals surface area contributed by atoms with E-state index in [1.54, 1.807) is 30.3 Å². The monoisotopic (exact) mass is 493 g/mol. The van der Waals surface area contributed by atoms with Gasteiger partial charge < -0.3 is 5.32 Å². The van der Waals surface area contributed by atoms with E-state index < -0.39 is 16.6 Å². The highest BCUT2D eigenvalue weighted by molar-refractivity contribution is 8.00. The molecule has 0 spiro atoms. The summed E-state index contributed by atoms with van der Waals surface area (Å²) in [7, 11) is 0. The van der Waals surface area contributed by atoms with Crippen molar-refractivity contribution >= 4 is 52.2 Å². The number of para-hydroxylation sites is 1. The topological polar surface area (TPSA) is 88.5 Å². The molecule has 3 amide bonds. The Labute approximate surface area is 204 Å². The number of thiazole rings is 1. The zero-order valence-corrected chi connectivity index (χ0v) is 20.5. The van der Waals surface area contributed by atoms with Gasteiger partial charge in [0.25, 0.3) is 0 Å².